The summed E-state index contributed by atoms with van der Waals surface area (Å²) in [6.45, 7) is 3.68. The highest BCUT2D eigenvalue weighted by Gasteiger charge is 2.37. The van der Waals surface area contributed by atoms with Crippen molar-refractivity contribution in [3.8, 4) is 0 Å². The fourth-order valence-corrected chi connectivity index (χ4v) is 5.25. The molecule has 2 aliphatic carbocycles. The van der Waals surface area contributed by atoms with Crippen molar-refractivity contribution in [2.45, 2.75) is 75.9 Å². The first kappa shape index (κ1) is 18.0. The summed E-state index contributed by atoms with van der Waals surface area (Å²) >= 11 is 1.66. The SMILES string of the molecule is Cc1nc([C@@H]2CC[C@@H]2c2nc3c(cnn3C3CCC(C)(F)CC3)c(=O)[nH]2)cs1. The summed E-state index contributed by atoms with van der Waals surface area (Å²) in [5.74, 6) is 1.22. The van der Waals surface area contributed by atoms with Crippen LogP contribution in [-0.4, -0.2) is 30.4 Å². The van der Waals surface area contributed by atoms with Crippen molar-refractivity contribution in [2.75, 3.05) is 0 Å². The number of nitrogens with one attached hydrogen (secondary N) is 1. The number of aryl methyl sites for hydroxylation is 1. The Balaban J connectivity index is 1.49. The molecule has 0 aliphatic heterocycles. The standard InChI is InChI=1S/C20H24FN5OS/c1-11-23-16(10-28-11)13-3-4-14(13)17-24-18-15(19(27)25-17)9-22-26(18)12-5-7-20(2,21)8-6-12/h9-10,12-14H,3-8H2,1-2H3,(H,24,25,27)/t12?,13-,14+,20?/m1/s1. The average Bonchev–Trinajstić information content (AvgIpc) is 3.21. The number of aromatic amines is 1. The lowest BCUT2D eigenvalue weighted by molar-refractivity contribution is 0.103. The van der Waals surface area contributed by atoms with Crippen LogP contribution in [0.5, 0.6) is 0 Å². The van der Waals surface area contributed by atoms with E-state index in [0.29, 0.717) is 29.8 Å². The minimum atomic E-state index is -1.10. The van der Waals surface area contributed by atoms with Crippen molar-refractivity contribution in [2.24, 2.45) is 0 Å². The zero-order valence-corrected chi connectivity index (χ0v) is 16.9. The second-order valence-electron chi connectivity index (χ2n) is 8.50. The topological polar surface area (TPSA) is 76.5 Å². The van der Waals surface area contributed by atoms with E-state index in [1.54, 1.807) is 24.5 Å². The van der Waals surface area contributed by atoms with Crippen LogP contribution >= 0.6 is 11.3 Å². The van der Waals surface area contributed by atoms with E-state index >= 15 is 0 Å². The van der Waals surface area contributed by atoms with Crippen molar-refractivity contribution < 1.29 is 4.39 Å². The number of hydrogen-bond acceptors (Lipinski definition) is 5. The summed E-state index contributed by atoms with van der Waals surface area (Å²) in [5.41, 5.74) is 0.494. The molecular formula is C20H24FN5OS. The molecule has 3 heterocycles. The van der Waals surface area contributed by atoms with Crippen LogP contribution in [0.4, 0.5) is 4.39 Å². The molecule has 2 fully saturated rings. The number of halogens is 1. The number of fused-ring (bicyclic) bond motifs is 1. The number of rotatable bonds is 3. The number of nitrogens with zero attached hydrogens (tertiary/aromatic N) is 4. The molecule has 2 atom stereocenters. The van der Waals surface area contributed by atoms with Gasteiger partial charge in [0.15, 0.2) is 5.65 Å². The first-order chi connectivity index (χ1) is 13.4. The van der Waals surface area contributed by atoms with E-state index in [2.05, 4.69) is 20.4 Å². The van der Waals surface area contributed by atoms with E-state index in [4.69, 9.17) is 4.98 Å². The normalized spacial score (nSPS) is 30.5. The minimum absolute atomic E-state index is 0.0989. The Morgan fingerprint density at radius 1 is 1.21 bits per heavy atom. The predicted molar refractivity (Wildman–Crippen MR) is 107 cm³/mol. The molecule has 28 heavy (non-hydrogen) atoms. The van der Waals surface area contributed by atoms with Gasteiger partial charge in [-0.3, -0.25) is 4.79 Å². The van der Waals surface area contributed by atoms with Crippen LogP contribution in [0, 0.1) is 6.92 Å². The van der Waals surface area contributed by atoms with Gasteiger partial charge in [0, 0.05) is 17.2 Å². The molecule has 148 valence electrons. The third-order valence-corrected chi connectivity index (χ3v) is 7.26. The third-order valence-electron chi connectivity index (χ3n) is 6.47. The van der Waals surface area contributed by atoms with Crippen LogP contribution < -0.4 is 5.56 Å². The Hall–Kier alpha value is -2.09. The first-order valence-corrected chi connectivity index (χ1v) is 10.9. The number of H-pyrrole nitrogens is 1. The smallest absolute Gasteiger partial charge is 0.262 e. The highest BCUT2D eigenvalue weighted by Crippen LogP contribution is 2.48. The van der Waals surface area contributed by atoms with Gasteiger partial charge in [-0.1, -0.05) is 0 Å². The van der Waals surface area contributed by atoms with Gasteiger partial charge in [-0.05, 0) is 52.4 Å². The summed E-state index contributed by atoms with van der Waals surface area (Å²) < 4.78 is 16.0. The maximum atomic E-state index is 14.2. The Labute approximate surface area is 166 Å². The van der Waals surface area contributed by atoms with Crippen molar-refractivity contribution in [1.29, 1.82) is 0 Å². The fraction of sp³-hybridized carbons (Fsp3) is 0.600. The van der Waals surface area contributed by atoms with Crippen LogP contribution in [0.3, 0.4) is 0 Å². The summed E-state index contributed by atoms with van der Waals surface area (Å²) in [6.07, 6.45) is 6.12. The minimum Gasteiger partial charge on any atom is -0.310 e. The molecule has 0 saturated heterocycles. The van der Waals surface area contributed by atoms with Crippen LogP contribution in [0.15, 0.2) is 16.4 Å². The van der Waals surface area contributed by atoms with Gasteiger partial charge >= 0.3 is 0 Å². The van der Waals surface area contributed by atoms with E-state index in [9.17, 15) is 9.18 Å². The monoisotopic (exact) mass is 401 g/mol. The molecule has 2 saturated carbocycles. The largest absolute Gasteiger partial charge is 0.310 e. The Bertz CT molecular complexity index is 1070. The van der Waals surface area contributed by atoms with E-state index in [1.165, 1.54) is 0 Å². The van der Waals surface area contributed by atoms with Gasteiger partial charge in [-0.2, -0.15) is 5.10 Å². The van der Waals surface area contributed by atoms with Crippen LogP contribution in [-0.2, 0) is 0 Å². The molecule has 0 amide bonds. The van der Waals surface area contributed by atoms with Gasteiger partial charge in [-0.15, -0.1) is 11.3 Å². The molecule has 3 aromatic rings. The van der Waals surface area contributed by atoms with Crippen LogP contribution in [0.1, 0.15) is 79.9 Å². The van der Waals surface area contributed by atoms with Crippen molar-refractivity contribution in [3.05, 3.63) is 38.5 Å². The van der Waals surface area contributed by atoms with E-state index in [0.717, 1.165) is 42.2 Å². The zero-order chi connectivity index (χ0) is 19.5. The van der Waals surface area contributed by atoms with Crippen molar-refractivity contribution in [3.63, 3.8) is 0 Å². The van der Waals surface area contributed by atoms with Gasteiger partial charge in [0.2, 0.25) is 0 Å². The molecule has 8 heteroatoms. The van der Waals surface area contributed by atoms with E-state index in [1.807, 2.05) is 11.6 Å². The Kier molecular flexibility index (Phi) is 4.15. The lowest BCUT2D eigenvalue weighted by Gasteiger charge is -2.34. The van der Waals surface area contributed by atoms with Gasteiger partial charge < -0.3 is 4.98 Å². The van der Waals surface area contributed by atoms with Crippen molar-refractivity contribution >= 4 is 22.4 Å². The van der Waals surface area contributed by atoms with Gasteiger partial charge in [-0.25, -0.2) is 19.0 Å². The summed E-state index contributed by atoms with van der Waals surface area (Å²) in [7, 11) is 0. The second-order valence-corrected chi connectivity index (χ2v) is 9.57. The van der Waals surface area contributed by atoms with E-state index in [-0.39, 0.29) is 17.5 Å². The quantitative estimate of drug-likeness (QED) is 0.706. The highest BCUT2D eigenvalue weighted by atomic mass is 32.1. The summed E-state index contributed by atoms with van der Waals surface area (Å²) in [4.78, 5) is 25.1. The predicted octanol–water partition coefficient (Wildman–Crippen LogP) is 4.39. The molecule has 1 N–H and O–H groups in total. The maximum absolute atomic E-state index is 14.2. The van der Waals surface area contributed by atoms with Gasteiger partial charge in [0.25, 0.3) is 5.56 Å². The zero-order valence-electron chi connectivity index (χ0n) is 16.1. The first-order valence-electron chi connectivity index (χ1n) is 10.00. The van der Waals surface area contributed by atoms with Gasteiger partial charge in [0.05, 0.1) is 22.9 Å². The lowest BCUT2D eigenvalue weighted by atomic mass is 9.71. The Morgan fingerprint density at radius 2 is 1.96 bits per heavy atom. The molecule has 6 nitrogen and oxygen atoms in total. The molecule has 3 aromatic heterocycles. The lowest BCUT2D eigenvalue weighted by Crippen LogP contribution is -2.29. The maximum Gasteiger partial charge on any atom is 0.262 e. The number of alkyl halides is 1. The molecule has 5 rings (SSSR count). The summed E-state index contributed by atoms with van der Waals surface area (Å²) in [5, 5.41) is 8.14. The number of aromatic nitrogens is 5. The van der Waals surface area contributed by atoms with E-state index < -0.39 is 5.67 Å². The van der Waals surface area contributed by atoms with Gasteiger partial charge in [0.1, 0.15) is 16.9 Å². The third kappa shape index (κ3) is 2.98. The molecule has 0 unspecified atom stereocenters. The fourth-order valence-electron chi connectivity index (χ4n) is 4.58. The number of thiazole rings is 1. The average molecular weight is 402 g/mol. The van der Waals surface area contributed by atoms with Crippen molar-refractivity contribution in [1.82, 2.24) is 24.7 Å². The molecule has 0 bridgehead atoms. The Morgan fingerprint density at radius 3 is 2.61 bits per heavy atom. The number of hydrogen-bond donors (Lipinski definition) is 1. The molecule has 0 radical (unpaired) electrons. The second kappa shape index (κ2) is 6.47. The summed E-state index contributed by atoms with van der Waals surface area (Å²) in [6, 6.07) is 0.0989. The molecular weight excluding hydrogens is 377 g/mol. The van der Waals surface area contributed by atoms with Crippen LogP contribution in [0.25, 0.3) is 11.0 Å². The van der Waals surface area contributed by atoms with Crippen LogP contribution in [0.2, 0.25) is 0 Å². The molecule has 0 aromatic carbocycles. The molecule has 2 aliphatic rings. The highest BCUT2D eigenvalue weighted by molar-refractivity contribution is 7.09. The molecule has 0 spiro atoms.